The van der Waals surface area contributed by atoms with Gasteiger partial charge in [0.1, 0.15) is 18.0 Å². The van der Waals surface area contributed by atoms with E-state index in [2.05, 4.69) is 4.98 Å². The van der Waals surface area contributed by atoms with Crippen LogP contribution in [0.25, 0.3) is 0 Å². The average Bonchev–Trinajstić information content (AvgIpc) is 3.37. The standard InChI is InChI=1S/C28H35NO7/c1-17-10-12-22(13-11-17)36-26(21-8-6-7-9-21)19(3)34-28(32)18(2)16-23(31)25-27(35-20(4)30)24(33-5)14-15-29-25/h10-15,18-19,21,26H,6-9,16H2,1-5H3/t18-,19+,26+/m1/s1. The number of rotatable bonds is 11. The molecule has 0 radical (unpaired) electrons. The molecule has 1 aliphatic carbocycles. The van der Waals surface area contributed by atoms with Crippen LogP contribution in [-0.4, -0.2) is 42.0 Å². The van der Waals surface area contributed by atoms with E-state index in [1.165, 1.54) is 26.3 Å². The van der Waals surface area contributed by atoms with Crippen LogP contribution in [0.3, 0.4) is 0 Å². The molecule has 1 aromatic heterocycles. The van der Waals surface area contributed by atoms with E-state index >= 15 is 0 Å². The molecule has 0 aliphatic heterocycles. The number of ketones is 1. The lowest BCUT2D eigenvalue weighted by molar-refractivity contribution is -0.158. The Morgan fingerprint density at radius 1 is 1.06 bits per heavy atom. The van der Waals surface area contributed by atoms with Crippen molar-refractivity contribution in [2.75, 3.05) is 7.11 Å². The first-order chi connectivity index (χ1) is 17.2. The third-order valence-corrected chi connectivity index (χ3v) is 6.41. The predicted octanol–water partition coefficient (Wildman–Crippen LogP) is 5.10. The number of carbonyl (C=O) groups is 3. The zero-order valence-corrected chi connectivity index (χ0v) is 21.6. The lowest BCUT2D eigenvalue weighted by Crippen LogP contribution is -2.40. The molecule has 0 bridgehead atoms. The first-order valence-electron chi connectivity index (χ1n) is 12.4. The Bertz CT molecular complexity index is 1060. The normalized spacial score (nSPS) is 16.0. The zero-order chi connectivity index (χ0) is 26.2. The van der Waals surface area contributed by atoms with Gasteiger partial charge in [0, 0.05) is 25.6 Å². The summed E-state index contributed by atoms with van der Waals surface area (Å²) in [5, 5.41) is 0. The van der Waals surface area contributed by atoms with Crippen molar-refractivity contribution in [1.82, 2.24) is 4.98 Å². The molecule has 0 N–H and O–H groups in total. The highest BCUT2D eigenvalue weighted by Crippen LogP contribution is 2.34. The van der Waals surface area contributed by atoms with Crippen LogP contribution in [0, 0.1) is 18.8 Å². The van der Waals surface area contributed by atoms with E-state index in [1.54, 1.807) is 6.92 Å². The first kappa shape index (κ1) is 27.2. The number of aryl methyl sites for hydroxylation is 1. The summed E-state index contributed by atoms with van der Waals surface area (Å²) in [6, 6.07) is 9.32. The molecule has 8 heteroatoms. The Kier molecular flexibility index (Phi) is 9.44. The van der Waals surface area contributed by atoms with Crippen molar-refractivity contribution in [2.24, 2.45) is 11.8 Å². The first-order valence-corrected chi connectivity index (χ1v) is 12.4. The minimum absolute atomic E-state index is 0.0563. The molecule has 1 saturated carbocycles. The Morgan fingerprint density at radius 2 is 1.72 bits per heavy atom. The van der Waals surface area contributed by atoms with Gasteiger partial charge in [-0.2, -0.15) is 0 Å². The van der Waals surface area contributed by atoms with E-state index in [-0.39, 0.29) is 29.7 Å². The predicted molar refractivity (Wildman–Crippen MR) is 133 cm³/mol. The molecule has 36 heavy (non-hydrogen) atoms. The molecular formula is C28H35NO7. The second kappa shape index (κ2) is 12.5. The molecule has 194 valence electrons. The lowest BCUT2D eigenvalue weighted by atomic mass is 9.96. The highest BCUT2D eigenvalue weighted by molar-refractivity contribution is 5.99. The highest BCUT2D eigenvalue weighted by Gasteiger charge is 2.35. The Labute approximate surface area is 212 Å². The smallest absolute Gasteiger partial charge is 0.309 e. The van der Waals surface area contributed by atoms with Crippen molar-refractivity contribution in [3.8, 4) is 17.2 Å². The maximum atomic E-state index is 13.0. The molecule has 3 rings (SSSR count). The number of aromatic nitrogens is 1. The summed E-state index contributed by atoms with van der Waals surface area (Å²) < 4.78 is 22.5. The zero-order valence-electron chi connectivity index (χ0n) is 21.6. The molecule has 1 heterocycles. The van der Waals surface area contributed by atoms with Gasteiger partial charge in [0.25, 0.3) is 0 Å². The number of carbonyl (C=O) groups excluding carboxylic acids is 3. The van der Waals surface area contributed by atoms with Gasteiger partial charge in [-0.15, -0.1) is 0 Å². The summed E-state index contributed by atoms with van der Waals surface area (Å²) in [5.74, 6) is -1.11. The van der Waals surface area contributed by atoms with Crippen LogP contribution >= 0.6 is 0 Å². The van der Waals surface area contributed by atoms with E-state index in [0.29, 0.717) is 5.92 Å². The van der Waals surface area contributed by atoms with Crippen molar-refractivity contribution >= 4 is 17.7 Å². The fraction of sp³-hybridized carbons (Fsp3) is 0.500. The number of Topliss-reactive ketones (excluding diaryl/α,β-unsaturated/α-hetero) is 1. The van der Waals surface area contributed by atoms with Crippen molar-refractivity contribution in [3.05, 3.63) is 47.8 Å². The molecule has 2 aromatic rings. The molecule has 1 aromatic carbocycles. The maximum absolute atomic E-state index is 13.0. The van der Waals surface area contributed by atoms with Gasteiger partial charge in [-0.05, 0) is 44.7 Å². The van der Waals surface area contributed by atoms with Crippen molar-refractivity contribution in [1.29, 1.82) is 0 Å². The van der Waals surface area contributed by atoms with E-state index in [4.69, 9.17) is 18.9 Å². The largest absolute Gasteiger partial charge is 0.493 e. The van der Waals surface area contributed by atoms with E-state index in [0.717, 1.165) is 37.0 Å². The summed E-state index contributed by atoms with van der Waals surface area (Å²) in [6.07, 6.45) is 4.75. The Morgan fingerprint density at radius 3 is 2.33 bits per heavy atom. The quantitative estimate of drug-likeness (QED) is 0.312. The summed E-state index contributed by atoms with van der Waals surface area (Å²) in [7, 11) is 1.40. The van der Waals surface area contributed by atoms with E-state index in [1.807, 2.05) is 38.1 Å². The molecule has 0 spiro atoms. The molecule has 0 unspecified atom stereocenters. The minimum atomic E-state index is -0.735. The summed E-state index contributed by atoms with van der Waals surface area (Å²) in [5.41, 5.74) is 1.07. The number of hydrogen-bond donors (Lipinski definition) is 0. The highest BCUT2D eigenvalue weighted by atomic mass is 16.6. The number of methoxy groups -OCH3 is 1. The number of hydrogen-bond acceptors (Lipinski definition) is 8. The van der Waals surface area contributed by atoms with Crippen LogP contribution in [-0.2, 0) is 14.3 Å². The van der Waals surface area contributed by atoms with Crippen LogP contribution in [0.15, 0.2) is 36.5 Å². The average molecular weight is 498 g/mol. The summed E-state index contributed by atoms with van der Waals surface area (Å²) in [4.78, 5) is 41.5. The van der Waals surface area contributed by atoms with Gasteiger partial charge in [0.05, 0.1) is 13.0 Å². The van der Waals surface area contributed by atoms with Gasteiger partial charge in [-0.1, -0.05) is 37.5 Å². The number of ether oxygens (including phenoxy) is 4. The van der Waals surface area contributed by atoms with Gasteiger partial charge in [-0.25, -0.2) is 4.98 Å². The van der Waals surface area contributed by atoms with Crippen molar-refractivity contribution in [2.45, 2.75) is 72.0 Å². The van der Waals surface area contributed by atoms with Crippen molar-refractivity contribution in [3.63, 3.8) is 0 Å². The second-order valence-corrected chi connectivity index (χ2v) is 9.39. The Hall–Kier alpha value is -3.42. The van der Waals surface area contributed by atoms with Crippen LogP contribution in [0.2, 0.25) is 0 Å². The Balaban J connectivity index is 1.68. The summed E-state index contributed by atoms with van der Waals surface area (Å²) in [6.45, 7) is 6.71. The maximum Gasteiger partial charge on any atom is 0.309 e. The van der Waals surface area contributed by atoms with Gasteiger partial charge in [-0.3, -0.25) is 14.4 Å². The molecule has 8 nitrogen and oxygen atoms in total. The number of benzene rings is 1. The van der Waals surface area contributed by atoms with E-state index in [9.17, 15) is 14.4 Å². The summed E-state index contributed by atoms with van der Waals surface area (Å²) >= 11 is 0. The minimum Gasteiger partial charge on any atom is -0.493 e. The SMILES string of the molecule is COc1ccnc(C(=O)C[C@@H](C)C(=O)O[C@@H](C)[C@H](Oc2ccc(C)cc2)C2CCCC2)c1OC(C)=O. The van der Waals surface area contributed by atoms with Crippen LogP contribution in [0.4, 0.5) is 0 Å². The van der Waals surface area contributed by atoms with E-state index < -0.39 is 29.7 Å². The molecule has 0 amide bonds. The molecular weight excluding hydrogens is 462 g/mol. The molecule has 1 aliphatic rings. The topological polar surface area (TPSA) is 101 Å². The van der Waals surface area contributed by atoms with Gasteiger partial charge in [0.15, 0.2) is 17.2 Å². The second-order valence-electron chi connectivity index (χ2n) is 9.39. The fourth-order valence-corrected chi connectivity index (χ4v) is 4.49. The van der Waals surface area contributed by atoms with Gasteiger partial charge >= 0.3 is 11.9 Å². The molecule has 1 fully saturated rings. The van der Waals surface area contributed by atoms with Gasteiger partial charge < -0.3 is 18.9 Å². The fourth-order valence-electron chi connectivity index (χ4n) is 4.49. The van der Waals surface area contributed by atoms with Crippen molar-refractivity contribution < 1.29 is 33.3 Å². The monoisotopic (exact) mass is 497 g/mol. The van der Waals surface area contributed by atoms with Crippen LogP contribution in [0.5, 0.6) is 17.2 Å². The van der Waals surface area contributed by atoms with Gasteiger partial charge in [0.2, 0.25) is 5.75 Å². The lowest BCUT2D eigenvalue weighted by Gasteiger charge is -2.30. The number of esters is 2. The third kappa shape index (κ3) is 7.06. The number of nitrogens with zero attached hydrogens (tertiary/aromatic N) is 1. The van der Waals surface area contributed by atoms with Crippen LogP contribution in [0.1, 0.15) is 68.9 Å². The molecule has 0 saturated heterocycles. The molecule has 3 atom stereocenters. The van der Waals surface area contributed by atoms with Crippen LogP contribution < -0.4 is 14.2 Å². The third-order valence-electron chi connectivity index (χ3n) is 6.41. The number of pyridine rings is 1.